The minimum absolute atomic E-state index is 0.00185. The van der Waals surface area contributed by atoms with Gasteiger partial charge >= 0.3 is 5.97 Å². The van der Waals surface area contributed by atoms with Crippen LogP contribution in [0.4, 0.5) is 10.1 Å². The van der Waals surface area contributed by atoms with E-state index in [-0.39, 0.29) is 11.4 Å². The Hall–Kier alpha value is -2.77. The van der Waals surface area contributed by atoms with Crippen LogP contribution in [0.2, 0.25) is 0 Å². The van der Waals surface area contributed by atoms with Crippen molar-refractivity contribution in [3.8, 4) is 5.69 Å². The Bertz CT molecular complexity index is 681. The van der Waals surface area contributed by atoms with Gasteiger partial charge in [-0.05, 0) is 19.1 Å². The fourth-order valence-electron chi connectivity index (χ4n) is 1.63. The van der Waals surface area contributed by atoms with Crippen molar-refractivity contribution in [3.05, 3.63) is 51.6 Å². The van der Waals surface area contributed by atoms with E-state index in [9.17, 15) is 19.3 Å². The molecule has 0 saturated heterocycles. The molecule has 98 valence electrons. The summed E-state index contributed by atoms with van der Waals surface area (Å²) in [5.41, 5.74) is -0.341. The molecule has 8 heteroatoms. The zero-order chi connectivity index (χ0) is 14.2. The number of nitro benzene ring substituents is 1. The highest BCUT2D eigenvalue weighted by Crippen LogP contribution is 2.24. The Balaban J connectivity index is 2.62. The molecule has 1 aromatic carbocycles. The molecule has 0 radical (unpaired) electrons. The van der Waals surface area contributed by atoms with Gasteiger partial charge in [0.05, 0.1) is 11.0 Å². The Kier molecular flexibility index (Phi) is 2.99. The molecule has 1 N–H and O–H groups in total. The lowest BCUT2D eigenvalue weighted by Gasteiger charge is -2.02. The molecule has 7 nitrogen and oxygen atoms in total. The summed E-state index contributed by atoms with van der Waals surface area (Å²) in [6.45, 7) is 1.52. The molecule has 0 amide bonds. The third kappa shape index (κ3) is 2.28. The summed E-state index contributed by atoms with van der Waals surface area (Å²) >= 11 is 0. The molecule has 0 unspecified atom stereocenters. The van der Waals surface area contributed by atoms with Gasteiger partial charge in [0.25, 0.3) is 5.69 Å². The van der Waals surface area contributed by atoms with Crippen LogP contribution in [0.25, 0.3) is 5.69 Å². The van der Waals surface area contributed by atoms with E-state index < -0.39 is 22.4 Å². The molecule has 0 spiro atoms. The molecule has 0 aliphatic heterocycles. The van der Waals surface area contributed by atoms with Crippen LogP contribution in [0.3, 0.4) is 0 Å². The van der Waals surface area contributed by atoms with Gasteiger partial charge in [-0.15, -0.1) is 0 Å². The number of carboxylic acids is 1. The SMILES string of the molecule is Cc1cn(-c2ccc(F)cc2[N+](=O)[O-])nc1C(=O)O. The summed E-state index contributed by atoms with van der Waals surface area (Å²) in [5, 5.41) is 23.5. The van der Waals surface area contributed by atoms with Crippen molar-refractivity contribution < 1.29 is 19.2 Å². The smallest absolute Gasteiger partial charge is 0.356 e. The van der Waals surface area contributed by atoms with Gasteiger partial charge in [-0.2, -0.15) is 5.10 Å². The summed E-state index contributed by atoms with van der Waals surface area (Å²) in [6.07, 6.45) is 1.34. The first-order valence-electron chi connectivity index (χ1n) is 5.14. The number of hydrogen-bond acceptors (Lipinski definition) is 4. The average molecular weight is 265 g/mol. The zero-order valence-electron chi connectivity index (χ0n) is 9.70. The molecule has 2 rings (SSSR count). The van der Waals surface area contributed by atoms with Crippen LogP contribution >= 0.6 is 0 Å². The molecule has 0 saturated carbocycles. The van der Waals surface area contributed by atoms with Crippen molar-refractivity contribution in [2.45, 2.75) is 6.92 Å². The number of carboxylic acid groups (broad SMARTS) is 1. The van der Waals surface area contributed by atoms with E-state index in [0.29, 0.717) is 5.56 Å². The Labute approximate surface area is 106 Å². The van der Waals surface area contributed by atoms with Crippen molar-refractivity contribution in [2.24, 2.45) is 0 Å². The minimum atomic E-state index is -1.24. The van der Waals surface area contributed by atoms with Crippen molar-refractivity contribution in [1.29, 1.82) is 0 Å². The first-order chi connectivity index (χ1) is 8.90. The molecule has 0 bridgehead atoms. The Morgan fingerprint density at radius 1 is 1.53 bits per heavy atom. The predicted molar refractivity (Wildman–Crippen MR) is 61.9 cm³/mol. The van der Waals surface area contributed by atoms with Crippen LogP contribution < -0.4 is 0 Å². The van der Waals surface area contributed by atoms with Gasteiger partial charge in [-0.25, -0.2) is 13.9 Å². The maximum Gasteiger partial charge on any atom is 0.356 e. The van der Waals surface area contributed by atoms with Gasteiger partial charge in [-0.1, -0.05) is 0 Å². The largest absolute Gasteiger partial charge is 0.476 e. The summed E-state index contributed by atoms with van der Waals surface area (Å²) in [5.74, 6) is -1.99. The van der Waals surface area contributed by atoms with Gasteiger partial charge in [-0.3, -0.25) is 10.1 Å². The summed E-state index contributed by atoms with van der Waals surface area (Å²) in [7, 11) is 0. The topological polar surface area (TPSA) is 98.3 Å². The van der Waals surface area contributed by atoms with Gasteiger partial charge in [0.1, 0.15) is 11.5 Å². The lowest BCUT2D eigenvalue weighted by molar-refractivity contribution is -0.384. The molecule has 1 heterocycles. The van der Waals surface area contributed by atoms with Crippen LogP contribution in [0.5, 0.6) is 0 Å². The number of aromatic carboxylic acids is 1. The van der Waals surface area contributed by atoms with Crippen LogP contribution in [0, 0.1) is 22.9 Å². The number of nitrogens with zero attached hydrogens (tertiary/aromatic N) is 3. The number of halogens is 1. The molecule has 1 aromatic heterocycles. The molecule has 0 fully saturated rings. The van der Waals surface area contributed by atoms with Crippen LogP contribution in [0.1, 0.15) is 16.1 Å². The second-order valence-corrected chi connectivity index (χ2v) is 3.80. The van der Waals surface area contributed by atoms with Gasteiger partial charge < -0.3 is 5.11 Å². The molecular weight excluding hydrogens is 257 g/mol. The highest BCUT2D eigenvalue weighted by atomic mass is 19.1. The van der Waals surface area contributed by atoms with Crippen LogP contribution in [0.15, 0.2) is 24.4 Å². The molecular formula is C11H8FN3O4. The maximum absolute atomic E-state index is 13.0. The second kappa shape index (κ2) is 4.48. The maximum atomic E-state index is 13.0. The lowest BCUT2D eigenvalue weighted by Crippen LogP contribution is -2.04. The second-order valence-electron chi connectivity index (χ2n) is 3.80. The van der Waals surface area contributed by atoms with Crippen LogP contribution in [-0.2, 0) is 0 Å². The number of benzene rings is 1. The summed E-state index contributed by atoms with van der Waals surface area (Å²) in [6, 6.07) is 2.97. The first-order valence-corrected chi connectivity index (χ1v) is 5.14. The average Bonchev–Trinajstić information content (AvgIpc) is 2.71. The summed E-state index contributed by atoms with van der Waals surface area (Å²) < 4.78 is 14.1. The fraction of sp³-hybridized carbons (Fsp3) is 0.0909. The van der Waals surface area contributed by atoms with E-state index in [1.165, 1.54) is 19.2 Å². The number of aryl methyl sites for hydroxylation is 1. The van der Waals surface area contributed by atoms with E-state index >= 15 is 0 Å². The van der Waals surface area contributed by atoms with Crippen molar-refractivity contribution >= 4 is 11.7 Å². The highest BCUT2D eigenvalue weighted by Gasteiger charge is 2.20. The van der Waals surface area contributed by atoms with Crippen LogP contribution in [-0.4, -0.2) is 25.8 Å². The highest BCUT2D eigenvalue weighted by molar-refractivity contribution is 5.87. The molecule has 0 atom stereocenters. The van der Waals surface area contributed by atoms with E-state index in [2.05, 4.69) is 5.10 Å². The van der Waals surface area contributed by atoms with E-state index in [0.717, 1.165) is 16.8 Å². The molecule has 2 aromatic rings. The Morgan fingerprint density at radius 2 is 2.21 bits per heavy atom. The standard InChI is InChI=1S/C11H8FN3O4/c1-6-5-14(13-10(6)11(16)17)8-3-2-7(12)4-9(8)15(18)19/h2-5H,1H3,(H,16,17). The number of nitro groups is 1. The third-order valence-electron chi connectivity index (χ3n) is 2.48. The van der Waals surface area contributed by atoms with Crippen molar-refractivity contribution in [2.75, 3.05) is 0 Å². The van der Waals surface area contributed by atoms with Crippen molar-refractivity contribution in [1.82, 2.24) is 9.78 Å². The van der Waals surface area contributed by atoms with E-state index in [1.807, 2.05) is 0 Å². The molecule has 19 heavy (non-hydrogen) atoms. The molecule has 0 aliphatic rings. The van der Waals surface area contributed by atoms with Gasteiger partial charge in [0, 0.05) is 11.8 Å². The zero-order valence-corrected chi connectivity index (χ0v) is 9.70. The minimum Gasteiger partial charge on any atom is -0.476 e. The normalized spacial score (nSPS) is 10.4. The van der Waals surface area contributed by atoms with Gasteiger partial charge in [0.15, 0.2) is 5.69 Å². The monoisotopic (exact) mass is 265 g/mol. The Morgan fingerprint density at radius 3 is 2.74 bits per heavy atom. The summed E-state index contributed by atoms with van der Waals surface area (Å²) in [4.78, 5) is 21.0. The number of rotatable bonds is 3. The van der Waals surface area contributed by atoms with E-state index in [1.54, 1.807) is 0 Å². The first kappa shape index (κ1) is 12.7. The lowest BCUT2D eigenvalue weighted by atomic mass is 10.2. The van der Waals surface area contributed by atoms with E-state index in [4.69, 9.17) is 5.11 Å². The number of hydrogen-bond donors (Lipinski definition) is 1. The number of aromatic nitrogens is 2. The molecule has 0 aliphatic carbocycles. The predicted octanol–water partition coefficient (Wildman–Crippen LogP) is 1.93. The van der Waals surface area contributed by atoms with Crippen molar-refractivity contribution in [3.63, 3.8) is 0 Å². The fourth-order valence-corrected chi connectivity index (χ4v) is 1.63. The number of carbonyl (C=O) groups is 1. The van der Waals surface area contributed by atoms with Gasteiger partial charge in [0.2, 0.25) is 0 Å². The quantitative estimate of drug-likeness (QED) is 0.675. The third-order valence-corrected chi connectivity index (χ3v) is 2.48.